The number of carbonyl (C=O) groups excluding carboxylic acids is 2. The Labute approximate surface area is 244 Å². The molecule has 0 saturated carbocycles. The van der Waals surface area contributed by atoms with Crippen LogP contribution in [0, 0.1) is 11.3 Å². The average Bonchev–Trinajstić information content (AvgIpc) is 2.99. The van der Waals surface area contributed by atoms with E-state index in [9.17, 15) is 20.0 Å². The second-order valence-electron chi connectivity index (χ2n) is 10.9. The summed E-state index contributed by atoms with van der Waals surface area (Å²) in [7, 11) is 0. The number of nitrogens with one attached hydrogen (secondary N) is 2. The maximum Gasteiger partial charge on any atom is 0.253 e. The molecule has 0 fully saturated rings. The Hall–Kier alpha value is -3.99. The number of aliphatic hydroxyl groups is 1. The van der Waals surface area contributed by atoms with Crippen LogP contribution in [0.25, 0.3) is 0 Å². The summed E-state index contributed by atoms with van der Waals surface area (Å²) in [6.07, 6.45) is 1.24. The number of nitriles is 1. The van der Waals surface area contributed by atoms with Gasteiger partial charge < -0.3 is 20.6 Å². The SMILES string of the molecule is CCCN(CCC)C(=O)c1cccc(C(=O)N[C@@H](Cc2ccccc2)[C@H](O)CNC(C)(C)c2cccc(C#N)c2)c1. The minimum absolute atomic E-state index is 0.0869. The summed E-state index contributed by atoms with van der Waals surface area (Å²) in [5, 5.41) is 27.0. The zero-order valence-corrected chi connectivity index (χ0v) is 24.6. The van der Waals surface area contributed by atoms with Gasteiger partial charge in [-0.1, -0.05) is 62.4 Å². The van der Waals surface area contributed by atoms with E-state index in [0.717, 1.165) is 24.0 Å². The molecular formula is C34H42N4O3. The number of benzene rings is 3. The van der Waals surface area contributed by atoms with E-state index in [1.54, 1.807) is 30.3 Å². The fourth-order valence-corrected chi connectivity index (χ4v) is 4.82. The van der Waals surface area contributed by atoms with Crippen molar-refractivity contribution >= 4 is 11.8 Å². The molecule has 41 heavy (non-hydrogen) atoms. The van der Waals surface area contributed by atoms with Crippen molar-refractivity contribution in [1.82, 2.24) is 15.5 Å². The topological polar surface area (TPSA) is 105 Å². The summed E-state index contributed by atoms with van der Waals surface area (Å²) in [4.78, 5) is 28.4. The van der Waals surface area contributed by atoms with E-state index in [0.29, 0.717) is 36.2 Å². The van der Waals surface area contributed by atoms with Gasteiger partial charge in [0.1, 0.15) is 0 Å². The van der Waals surface area contributed by atoms with Crippen LogP contribution in [0.4, 0.5) is 0 Å². The summed E-state index contributed by atoms with van der Waals surface area (Å²) in [5.41, 5.74) is 2.80. The molecule has 0 bridgehead atoms. The maximum atomic E-state index is 13.4. The Morgan fingerprint density at radius 1 is 0.927 bits per heavy atom. The molecule has 3 aromatic rings. The Morgan fingerprint density at radius 3 is 2.24 bits per heavy atom. The fourth-order valence-electron chi connectivity index (χ4n) is 4.82. The largest absolute Gasteiger partial charge is 0.390 e. The van der Waals surface area contributed by atoms with E-state index < -0.39 is 17.7 Å². The van der Waals surface area contributed by atoms with Crippen LogP contribution in [0.1, 0.15) is 77.9 Å². The minimum Gasteiger partial charge on any atom is -0.390 e. The van der Waals surface area contributed by atoms with Crippen LogP contribution in [0.15, 0.2) is 78.9 Å². The number of nitrogens with zero attached hydrogens (tertiary/aromatic N) is 2. The van der Waals surface area contributed by atoms with Gasteiger partial charge in [0.2, 0.25) is 0 Å². The Bertz CT molecular complexity index is 1330. The van der Waals surface area contributed by atoms with Crippen molar-refractivity contribution in [2.45, 2.75) is 64.6 Å². The first-order valence-electron chi connectivity index (χ1n) is 14.4. The van der Waals surface area contributed by atoms with E-state index in [1.165, 1.54) is 0 Å². The Morgan fingerprint density at radius 2 is 1.59 bits per heavy atom. The third kappa shape index (κ3) is 9.01. The molecule has 0 aliphatic carbocycles. The predicted molar refractivity (Wildman–Crippen MR) is 163 cm³/mol. The van der Waals surface area contributed by atoms with Crippen molar-refractivity contribution in [3.05, 3.63) is 107 Å². The van der Waals surface area contributed by atoms with Gasteiger partial charge in [-0.25, -0.2) is 0 Å². The lowest BCUT2D eigenvalue weighted by atomic mass is 9.92. The van der Waals surface area contributed by atoms with Crippen LogP contribution in [-0.2, 0) is 12.0 Å². The van der Waals surface area contributed by atoms with Crippen molar-refractivity contribution in [3.8, 4) is 6.07 Å². The molecule has 0 radical (unpaired) electrons. The smallest absolute Gasteiger partial charge is 0.253 e. The summed E-state index contributed by atoms with van der Waals surface area (Å²) >= 11 is 0. The van der Waals surface area contributed by atoms with Crippen molar-refractivity contribution in [3.63, 3.8) is 0 Å². The number of carbonyl (C=O) groups is 2. The van der Waals surface area contributed by atoms with Crippen LogP contribution in [0.2, 0.25) is 0 Å². The molecule has 0 aromatic heterocycles. The lowest BCUT2D eigenvalue weighted by molar-refractivity contribution is 0.0755. The number of hydrogen-bond acceptors (Lipinski definition) is 5. The predicted octanol–water partition coefficient (Wildman–Crippen LogP) is 5.05. The summed E-state index contributed by atoms with van der Waals surface area (Å²) in [6.45, 7) is 9.60. The molecule has 0 spiro atoms. The molecule has 0 aliphatic heterocycles. The summed E-state index contributed by atoms with van der Waals surface area (Å²) in [6, 6.07) is 25.4. The number of aliphatic hydroxyl groups excluding tert-OH is 1. The molecule has 2 amide bonds. The van der Waals surface area contributed by atoms with Gasteiger partial charge in [-0.2, -0.15) is 5.26 Å². The highest BCUT2D eigenvalue weighted by Gasteiger charge is 2.27. The van der Waals surface area contributed by atoms with Crippen molar-refractivity contribution in [1.29, 1.82) is 5.26 Å². The molecule has 0 aliphatic rings. The van der Waals surface area contributed by atoms with Gasteiger partial charge in [0, 0.05) is 36.3 Å². The second kappa shape index (κ2) is 15.1. The molecular weight excluding hydrogens is 512 g/mol. The van der Waals surface area contributed by atoms with Gasteiger partial charge in [-0.05, 0) is 74.6 Å². The highest BCUT2D eigenvalue weighted by Crippen LogP contribution is 2.21. The lowest BCUT2D eigenvalue weighted by Crippen LogP contribution is -2.51. The molecule has 3 aromatic carbocycles. The van der Waals surface area contributed by atoms with Gasteiger partial charge in [-0.15, -0.1) is 0 Å². The zero-order valence-electron chi connectivity index (χ0n) is 24.6. The molecule has 7 nitrogen and oxygen atoms in total. The molecule has 7 heteroatoms. The van der Waals surface area contributed by atoms with Crippen LogP contribution in [0.5, 0.6) is 0 Å². The second-order valence-corrected chi connectivity index (χ2v) is 10.9. The van der Waals surface area contributed by atoms with Crippen molar-refractivity contribution < 1.29 is 14.7 Å². The van der Waals surface area contributed by atoms with E-state index >= 15 is 0 Å². The molecule has 0 saturated heterocycles. The van der Waals surface area contributed by atoms with Crippen LogP contribution in [0.3, 0.4) is 0 Å². The quantitative estimate of drug-likeness (QED) is 0.259. The number of amides is 2. The van der Waals surface area contributed by atoms with Gasteiger partial charge in [0.15, 0.2) is 0 Å². The first kappa shape index (κ1) is 31.5. The van der Waals surface area contributed by atoms with E-state index in [2.05, 4.69) is 16.7 Å². The van der Waals surface area contributed by atoms with Gasteiger partial charge in [0.05, 0.1) is 23.8 Å². The van der Waals surface area contributed by atoms with Crippen molar-refractivity contribution in [2.24, 2.45) is 0 Å². The van der Waals surface area contributed by atoms with E-state index in [-0.39, 0.29) is 18.4 Å². The normalized spacial score (nSPS) is 12.7. The lowest BCUT2D eigenvalue weighted by Gasteiger charge is -2.31. The first-order chi connectivity index (χ1) is 19.7. The fraction of sp³-hybridized carbons (Fsp3) is 0.382. The monoisotopic (exact) mass is 554 g/mol. The minimum atomic E-state index is -0.910. The average molecular weight is 555 g/mol. The number of hydrogen-bond donors (Lipinski definition) is 3. The molecule has 0 unspecified atom stereocenters. The molecule has 216 valence electrons. The van der Waals surface area contributed by atoms with Gasteiger partial charge >= 0.3 is 0 Å². The third-order valence-corrected chi connectivity index (χ3v) is 7.19. The van der Waals surface area contributed by atoms with Crippen LogP contribution < -0.4 is 10.6 Å². The standard InChI is InChI=1S/C34H42N4O3/c1-5-18-38(19-6-2)33(41)28-16-11-15-27(22-28)32(40)37-30(21-25-12-8-7-9-13-25)31(39)24-36-34(3,4)29-17-10-14-26(20-29)23-35/h7-17,20,22,30-31,36,39H,5-6,18-19,21,24H2,1-4H3,(H,37,40)/t30-,31+/m0/s1. The molecule has 3 rings (SSSR count). The van der Waals surface area contributed by atoms with Crippen LogP contribution >= 0.6 is 0 Å². The maximum absolute atomic E-state index is 13.4. The Kier molecular flexibility index (Phi) is 11.6. The summed E-state index contributed by atoms with van der Waals surface area (Å²) < 4.78 is 0. The number of rotatable bonds is 14. The first-order valence-corrected chi connectivity index (χ1v) is 14.4. The molecule has 0 heterocycles. The van der Waals surface area contributed by atoms with Gasteiger partial charge in [-0.3, -0.25) is 9.59 Å². The molecule has 3 N–H and O–H groups in total. The zero-order chi connectivity index (χ0) is 29.8. The van der Waals surface area contributed by atoms with Crippen LogP contribution in [-0.4, -0.2) is 53.6 Å². The Balaban J connectivity index is 1.78. The van der Waals surface area contributed by atoms with E-state index in [1.807, 2.05) is 81.1 Å². The highest BCUT2D eigenvalue weighted by atomic mass is 16.3. The van der Waals surface area contributed by atoms with Crippen molar-refractivity contribution in [2.75, 3.05) is 19.6 Å². The molecule has 2 atom stereocenters. The van der Waals surface area contributed by atoms with E-state index in [4.69, 9.17) is 0 Å². The summed E-state index contributed by atoms with van der Waals surface area (Å²) in [5.74, 6) is -0.436. The highest BCUT2D eigenvalue weighted by molar-refractivity contribution is 5.99. The third-order valence-electron chi connectivity index (χ3n) is 7.19. The van der Waals surface area contributed by atoms with Gasteiger partial charge in [0.25, 0.3) is 11.8 Å².